The van der Waals surface area contributed by atoms with Gasteiger partial charge in [-0.05, 0) is 18.4 Å². The Morgan fingerprint density at radius 1 is 1.48 bits per heavy atom. The van der Waals surface area contributed by atoms with E-state index in [9.17, 15) is 9.59 Å². The Morgan fingerprint density at radius 3 is 2.76 bits per heavy atom. The molecule has 1 aliphatic rings. The molecule has 21 heavy (non-hydrogen) atoms. The van der Waals surface area contributed by atoms with E-state index >= 15 is 0 Å². The molecule has 0 bridgehead atoms. The number of nitrogens with zero attached hydrogens (tertiary/aromatic N) is 2. The highest BCUT2D eigenvalue weighted by Gasteiger charge is 2.35. The molecule has 0 unspecified atom stereocenters. The highest BCUT2D eigenvalue weighted by molar-refractivity contribution is 6.29. The van der Waals surface area contributed by atoms with Crippen LogP contribution in [0.5, 0.6) is 0 Å². The molecular formula is C15H19ClN2O3. The molecule has 1 amide bonds. The summed E-state index contributed by atoms with van der Waals surface area (Å²) in [6.45, 7) is 4.59. The van der Waals surface area contributed by atoms with Crippen LogP contribution in [0.4, 0.5) is 0 Å². The lowest BCUT2D eigenvalue weighted by Crippen LogP contribution is -2.46. The van der Waals surface area contributed by atoms with Gasteiger partial charge in [-0.2, -0.15) is 0 Å². The second-order valence-corrected chi connectivity index (χ2v) is 5.86. The van der Waals surface area contributed by atoms with Crippen LogP contribution in [0.2, 0.25) is 5.15 Å². The molecule has 0 spiro atoms. The van der Waals surface area contributed by atoms with Crippen molar-refractivity contribution >= 4 is 23.5 Å². The molecule has 0 saturated carbocycles. The standard InChI is InChI=1S/C15H19ClN2O3/c1-10(2)14(18-7-3-4-13(18)19)15(20)21-9-11-5-6-12(16)17-8-11/h5-6,8,10,14H,3-4,7,9H2,1-2H3/t14-/m0/s1. The number of rotatable bonds is 5. The molecule has 1 saturated heterocycles. The maximum absolute atomic E-state index is 12.3. The average molecular weight is 311 g/mol. The first-order chi connectivity index (χ1) is 9.99. The van der Waals surface area contributed by atoms with Crippen molar-refractivity contribution in [3.63, 3.8) is 0 Å². The van der Waals surface area contributed by atoms with Crippen LogP contribution in [0.1, 0.15) is 32.3 Å². The molecular weight excluding hydrogens is 292 g/mol. The Bertz CT molecular complexity index is 516. The van der Waals surface area contributed by atoms with Crippen molar-refractivity contribution in [2.24, 2.45) is 5.92 Å². The van der Waals surface area contributed by atoms with Crippen LogP contribution in [-0.2, 0) is 20.9 Å². The molecule has 0 radical (unpaired) electrons. The number of carbonyl (C=O) groups is 2. The first kappa shape index (κ1) is 15.8. The lowest BCUT2D eigenvalue weighted by Gasteiger charge is -2.29. The van der Waals surface area contributed by atoms with Gasteiger partial charge in [0.15, 0.2) is 0 Å². The van der Waals surface area contributed by atoms with Gasteiger partial charge < -0.3 is 9.64 Å². The minimum absolute atomic E-state index is 0.0166. The van der Waals surface area contributed by atoms with Gasteiger partial charge in [-0.1, -0.05) is 31.5 Å². The molecule has 0 aromatic carbocycles. The number of ether oxygens (including phenoxy) is 1. The van der Waals surface area contributed by atoms with Crippen LogP contribution in [0.15, 0.2) is 18.3 Å². The fraction of sp³-hybridized carbons (Fsp3) is 0.533. The van der Waals surface area contributed by atoms with Crippen molar-refractivity contribution in [3.8, 4) is 0 Å². The summed E-state index contributed by atoms with van der Waals surface area (Å²) in [6.07, 6.45) is 2.88. The highest BCUT2D eigenvalue weighted by atomic mass is 35.5. The van der Waals surface area contributed by atoms with Crippen LogP contribution >= 0.6 is 11.6 Å². The number of carbonyl (C=O) groups excluding carboxylic acids is 2. The average Bonchev–Trinajstić information content (AvgIpc) is 2.84. The quantitative estimate of drug-likeness (QED) is 0.619. The summed E-state index contributed by atoms with van der Waals surface area (Å²) in [5, 5.41) is 0.396. The van der Waals surface area contributed by atoms with E-state index in [2.05, 4.69) is 4.98 Å². The van der Waals surface area contributed by atoms with E-state index < -0.39 is 6.04 Å². The lowest BCUT2D eigenvalue weighted by molar-refractivity contribution is -0.156. The SMILES string of the molecule is CC(C)[C@@H](C(=O)OCc1ccc(Cl)nc1)N1CCCC1=O. The highest BCUT2D eigenvalue weighted by Crippen LogP contribution is 2.20. The van der Waals surface area contributed by atoms with Gasteiger partial charge in [0.1, 0.15) is 17.8 Å². The summed E-state index contributed by atoms with van der Waals surface area (Å²) < 4.78 is 5.34. The Balaban J connectivity index is 1.98. The number of pyridine rings is 1. The van der Waals surface area contributed by atoms with E-state index in [1.807, 2.05) is 13.8 Å². The van der Waals surface area contributed by atoms with Crippen molar-refractivity contribution < 1.29 is 14.3 Å². The maximum Gasteiger partial charge on any atom is 0.329 e. The van der Waals surface area contributed by atoms with Gasteiger partial charge in [0, 0.05) is 24.7 Å². The largest absolute Gasteiger partial charge is 0.459 e. The van der Waals surface area contributed by atoms with Crippen LogP contribution in [0.3, 0.4) is 0 Å². The number of hydrogen-bond acceptors (Lipinski definition) is 4. The third kappa shape index (κ3) is 3.94. The summed E-state index contributed by atoms with van der Waals surface area (Å²) in [5.74, 6) is -0.322. The summed E-state index contributed by atoms with van der Waals surface area (Å²) >= 11 is 5.71. The van der Waals surface area contributed by atoms with Crippen molar-refractivity contribution in [1.29, 1.82) is 0 Å². The Labute approximate surface area is 129 Å². The lowest BCUT2D eigenvalue weighted by atomic mass is 10.0. The maximum atomic E-state index is 12.3. The van der Waals surface area contributed by atoms with Gasteiger partial charge >= 0.3 is 5.97 Å². The van der Waals surface area contributed by atoms with Gasteiger partial charge in [0.25, 0.3) is 0 Å². The number of esters is 1. The van der Waals surface area contributed by atoms with Gasteiger partial charge in [0.05, 0.1) is 0 Å². The molecule has 114 valence electrons. The molecule has 0 N–H and O–H groups in total. The molecule has 2 rings (SSSR count). The predicted molar refractivity (Wildman–Crippen MR) is 78.6 cm³/mol. The van der Waals surface area contributed by atoms with Crippen LogP contribution < -0.4 is 0 Å². The normalized spacial score (nSPS) is 16.4. The van der Waals surface area contributed by atoms with Crippen LogP contribution in [0.25, 0.3) is 0 Å². The minimum atomic E-state index is -0.514. The zero-order valence-electron chi connectivity index (χ0n) is 12.2. The second-order valence-electron chi connectivity index (χ2n) is 5.48. The number of aromatic nitrogens is 1. The zero-order chi connectivity index (χ0) is 15.4. The van der Waals surface area contributed by atoms with Gasteiger partial charge in [-0.25, -0.2) is 9.78 Å². The predicted octanol–water partition coefficient (Wildman–Crippen LogP) is 2.43. The summed E-state index contributed by atoms with van der Waals surface area (Å²) in [4.78, 5) is 29.7. The van der Waals surface area contributed by atoms with Gasteiger partial charge in [0.2, 0.25) is 5.91 Å². The third-order valence-electron chi connectivity index (χ3n) is 3.49. The fourth-order valence-electron chi connectivity index (χ4n) is 2.45. The smallest absolute Gasteiger partial charge is 0.329 e. The first-order valence-corrected chi connectivity index (χ1v) is 7.43. The Kier molecular flexibility index (Phi) is 5.17. The fourth-order valence-corrected chi connectivity index (χ4v) is 2.57. The van der Waals surface area contributed by atoms with E-state index in [1.54, 1.807) is 23.2 Å². The first-order valence-electron chi connectivity index (χ1n) is 7.05. The van der Waals surface area contributed by atoms with Crippen LogP contribution in [-0.4, -0.2) is 34.3 Å². The van der Waals surface area contributed by atoms with Crippen molar-refractivity contribution in [2.45, 2.75) is 39.3 Å². The second kappa shape index (κ2) is 6.89. The molecule has 1 atom stereocenters. The van der Waals surface area contributed by atoms with Crippen molar-refractivity contribution in [2.75, 3.05) is 6.54 Å². The third-order valence-corrected chi connectivity index (χ3v) is 3.71. The molecule has 1 aliphatic heterocycles. The summed E-state index contributed by atoms with van der Waals surface area (Å²) in [6, 6.07) is 2.89. The van der Waals surface area contributed by atoms with Crippen LogP contribution in [0, 0.1) is 5.92 Å². The molecule has 6 heteroatoms. The minimum Gasteiger partial charge on any atom is -0.459 e. The molecule has 5 nitrogen and oxygen atoms in total. The summed E-state index contributed by atoms with van der Waals surface area (Å²) in [7, 11) is 0. The van der Waals surface area contributed by atoms with E-state index in [0.29, 0.717) is 18.1 Å². The monoisotopic (exact) mass is 310 g/mol. The topological polar surface area (TPSA) is 59.5 Å². The van der Waals surface area contributed by atoms with E-state index in [-0.39, 0.29) is 24.4 Å². The molecule has 1 fully saturated rings. The number of amides is 1. The van der Waals surface area contributed by atoms with Gasteiger partial charge in [-0.15, -0.1) is 0 Å². The van der Waals surface area contributed by atoms with E-state index in [0.717, 1.165) is 12.0 Å². The summed E-state index contributed by atoms with van der Waals surface area (Å²) in [5.41, 5.74) is 0.767. The number of hydrogen-bond donors (Lipinski definition) is 0. The number of likely N-dealkylation sites (tertiary alicyclic amines) is 1. The Morgan fingerprint density at radius 2 is 2.24 bits per heavy atom. The molecule has 2 heterocycles. The van der Waals surface area contributed by atoms with E-state index in [1.165, 1.54) is 0 Å². The van der Waals surface area contributed by atoms with Gasteiger partial charge in [-0.3, -0.25) is 4.79 Å². The van der Waals surface area contributed by atoms with E-state index in [4.69, 9.17) is 16.3 Å². The zero-order valence-corrected chi connectivity index (χ0v) is 13.0. The number of halogens is 1. The molecule has 0 aliphatic carbocycles. The van der Waals surface area contributed by atoms with Crippen molar-refractivity contribution in [1.82, 2.24) is 9.88 Å². The van der Waals surface area contributed by atoms with Crippen molar-refractivity contribution in [3.05, 3.63) is 29.0 Å². The molecule has 1 aromatic rings. The Hall–Kier alpha value is -1.62. The molecule has 1 aromatic heterocycles.